The fourth-order valence-electron chi connectivity index (χ4n) is 3.98. The summed E-state index contributed by atoms with van der Waals surface area (Å²) in [6.45, 7) is 3.31. The van der Waals surface area contributed by atoms with Gasteiger partial charge in [-0.1, -0.05) is 60.1 Å². The number of piperidine rings is 1. The van der Waals surface area contributed by atoms with Crippen LogP contribution in [-0.2, 0) is 27.2 Å². The SMILES string of the molecule is CCOC(=O)C1(Cc2ccccc2Cl)CCN(C(=O)CCc2ccccc2)CC1. The molecule has 1 aliphatic heterocycles. The van der Waals surface area contributed by atoms with E-state index in [9.17, 15) is 9.59 Å². The lowest BCUT2D eigenvalue weighted by Crippen LogP contribution is -2.48. The maximum absolute atomic E-state index is 12.9. The van der Waals surface area contributed by atoms with Crippen LogP contribution in [0.5, 0.6) is 0 Å². The van der Waals surface area contributed by atoms with E-state index < -0.39 is 5.41 Å². The standard InChI is InChI=1S/C24H28ClNO3/c1-2-29-23(28)24(18-20-10-6-7-11-21(20)25)14-16-26(17-15-24)22(27)13-12-19-8-4-3-5-9-19/h3-11H,2,12-18H2,1H3. The highest BCUT2D eigenvalue weighted by atomic mass is 35.5. The molecular weight excluding hydrogens is 386 g/mol. The molecule has 1 heterocycles. The van der Waals surface area contributed by atoms with Crippen LogP contribution in [0, 0.1) is 5.41 Å². The molecule has 1 saturated heterocycles. The predicted molar refractivity (Wildman–Crippen MR) is 115 cm³/mol. The number of benzene rings is 2. The summed E-state index contributed by atoms with van der Waals surface area (Å²) in [6.07, 6.45) is 2.94. The fourth-order valence-corrected chi connectivity index (χ4v) is 4.18. The van der Waals surface area contributed by atoms with Gasteiger partial charge in [-0.15, -0.1) is 0 Å². The van der Waals surface area contributed by atoms with Gasteiger partial charge in [0.2, 0.25) is 5.91 Å². The second-order valence-electron chi connectivity index (χ2n) is 7.64. The van der Waals surface area contributed by atoms with E-state index in [1.54, 1.807) is 0 Å². The number of rotatable bonds is 7. The number of halogens is 1. The molecule has 0 spiro atoms. The van der Waals surface area contributed by atoms with Crippen molar-refractivity contribution in [2.45, 2.75) is 39.0 Å². The Kier molecular flexibility index (Phi) is 7.32. The van der Waals surface area contributed by atoms with Crippen LogP contribution in [0.25, 0.3) is 0 Å². The van der Waals surface area contributed by atoms with E-state index in [1.807, 2.05) is 66.4 Å². The first kappa shape index (κ1) is 21.4. The lowest BCUT2D eigenvalue weighted by atomic mass is 9.73. The van der Waals surface area contributed by atoms with E-state index in [2.05, 4.69) is 0 Å². The average Bonchev–Trinajstić information content (AvgIpc) is 2.75. The predicted octanol–water partition coefficient (Wildman–Crippen LogP) is 4.69. The minimum atomic E-state index is -0.628. The second kappa shape index (κ2) is 9.93. The molecule has 0 bridgehead atoms. The highest BCUT2D eigenvalue weighted by Crippen LogP contribution is 2.38. The quantitative estimate of drug-likeness (QED) is 0.619. The Morgan fingerprint density at radius 1 is 1.03 bits per heavy atom. The number of hydrogen-bond donors (Lipinski definition) is 0. The van der Waals surface area contributed by atoms with Gasteiger partial charge in [0.15, 0.2) is 0 Å². The third-order valence-electron chi connectivity index (χ3n) is 5.74. The molecule has 4 nitrogen and oxygen atoms in total. The zero-order valence-electron chi connectivity index (χ0n) is 16.9. The number of amides is 1. The molecular formula is C24H28ClNO3. The van der Waals surface area contributed by atoms with Crippen molar-refractivity contribution >= 4 is 23.5 Å². The van der Waals surface area contributed by atoms with Gasteiger partial charge in [0.1, 0.15) is 0 Å². The summed E-state index contributed by atoms with van der Waals surface area (Å²) in [7, 11) is 0. The number of esters is 1. The van der Waals surface area contributed by atoms with E-state index >= 15 is 0 Å². The van der Waals surface area contributed by atoms with Gasteiger partial charge in [-0.05, 0) is 49.8 Å². The Morgan fingerprint density at radius 2 is 1.69 bits per heavy atom. The van der Waals surface area contributed by atoms with Crippen molar-refractivity contribution in [3.63, 3.8) is 0 Å². The zero-order chi connectivity index (χ0) is 20.7. The molecule has 1 fully saturated rings. The Labute approximate surface area is 177 Å². The van der Waals surface area contributed by atoms with Gasteiger partial charge in [-0.3, -0.25) is 9.59 Å². The van der Waals surface area contributed by atoms with Crippen LogP contribution in [0.1, 0.15) is 37.3 Å². The van der Waals surface area contributed by atoms with E-state index in [4.69, 9.17) is 16.3 Å². The molecule has 0 aliphatic carbocycles. The lowest BCUT2D eigenvalue weighted by Gasteiger charge is -2.40. The van der Waals surface area contributed by atoms with Crippen LogP contribution >= 0.6 is 11.6 Å². The summed E-state index contributed by atoms with van der Waals surface area (Å²) in [6, 6.07) is 17.7. The Balaban J connectivity index is 1.65. The Morgan fingerprint density at radius 3 is 2.34 bits per heavy atom. The average molecular weight is 414 g/mol. The van der Waals surface area contributed by atoms with Gasteiger partial charge in [0.25, 0.3) is 0 Å². The molecule has 1 amide bonds. The molecule has 0 radical (unpaired) electrons. The maximum atomic E-state index is 12.9. The van der Waals surface area contributed by atoms with Gasteiger partial charge in [-0.25, -0.2) is 0 Å². The number of likely N-dealkylation sites (tertiary alicyclic amines) is 1. The molecule has 1 aliphatic rings. The summed E-state index contributed by atoms with van der Waals surface area (Å²) in [5.74, 6) is -0.0413. The third kappa shape index (κ3) is 5.39. The zero-order valence-corrected chi connectivity index (χ0v) is 17.7. The van der Waals surface area contributed by atoms with Gasteiger partial charge >= 0.3 is 5.97 Å². The minimum absolute atomic E-state index is 0.143. The number of carbonyl (C=O) groups is 2. The smallest absolute Gasteiger partial charge is 0.312 e. The highest BCUT2D eigenvalue weighted by Gasteiger charge is 2.43. The molecule has 154 valence electrons. The van der Waals surface area contributed by atoms with Crippen LogP contribution in [0.4, 0.5) is 0 Å². The van der Waals surface area contributed by atoms with E-state index in [-0.39, 0.29) is 11.9 Å². The minimum Gasteiger partial charge on any atom is -0.466 e. The number of hydrogen-bond acceptors (Lipinski definition) is 3. The topological polar surface area (TPSA) is 46.6 Å². The second-order valence-corrected chi connectivity index (χ2v) is 8.04. The van der Waals surface area contributed by atoms with Crippen molar-refractivity contribution in [2.75, 3.05) is 19.7 Å². The van der Waals surface area contributed by atoms with Crippen molar-refractivity contribution in [2.24, 2.45) is 5.41 Å². The van der Waals surface area contributed by atoms with Crippen molar-refractivity contribution in [3.05, 3.63) is 70.7 Å². The number of ether oxygens (including phenoxy) is 1. The monoisotopic (exact) mass is 413 g/mol. The maximum Gasteiger partial charge on any atom is 0.312 e. The first-order chi connectivity index (χ1) is 14.0. The number of carbonyl (C=O) groups excluding carboxylic acids is 2. The summed E-state index contributed by atoms with van der Waals surface area (Å²) in [5.41, 5.74) is 1.49. The molecule has 0 aromatic heterocycles. The van der Waals surface area contributed by atoms with Crippen molar-refractivity contribution in [3.8, 4) is 0 Å². The number of aryl methyl sites for hydroxylation is 1. The van der Waals surface area contributed by atoms with Gasteiger partial charge in [-0.2, -0.15) is 0 Å². The van der Waals surface area contributed by atoms with Crippen LogP contribution < -0.4 is 0 Å². The molecule has 5 heteroatoms. The van der Waals surface area contributed by atoms with E-state index in [0.717, 1.165) is 17.5 Å². The molecule has 0 N–H and O–H groups in total. The van der Waals surface area contributed by atoms with Gasteiger partial charge in [0, 0.05) is 24.5 Å². The lowest BCUT2D eigenvalue weighted by molar-refractivity contribution is -0.160. The number of nitrogens with zero attached hydrogens (tertiary/aromatic N) is 1. The van der Waals surface area contributed by atoms with Crippen LogP contribution in [0.2, 0.25) is 5.02 Å². The Bertz CT molecular complexity index is 829. The summed E-state index contributed by atoms with van der Waals surface area (Å²) in [4.78, 5) is 27.4. The largest absolute Gasteiger partial charge is 0.466 e. The summed E-state index contributed by atoms with van der Waals surface area (Å²) >= 11 is 6.35. The van der Waals surface area contributed by atoms with Gasteiger partial charge < -0.3 is 9.64 Å². The fraction of sp³-hybridized carbons (Fsp3) is 0.417. The van der Waals surface area contributed by atoms with Crippen molar-refractivity contribution in [1.82, 2.24) is 4.90 Å². The van der Waals surface area contributed by atoms with Crippen LogP contribution in [0.3, 0.4) is 0 Å². The first-order valence-corrected chi connectivity index (χ1v) is 10.6. The summed E-state index contributed by atoms with van der Waals surface area (Å²) in [5, 5.41) is 0.664. The highest BCUT2D eigenvalue weighted by molar-refractivity contribution is 6.31. The molecule has 0 saturated carbocycles. The molecule has 2 aromatic carbocycles. The van der Waals surface area contributed by atoms with Crippen LogP contribution in [-0.4, -0.2) is 36.5 Å². The van der Waals surface area contributed by atoms with Crippen LogP contribution in [0.15, 0.2) is 54.6 Å². The molecule has 0 atom stereocenters. The molecule has 0 unspecified atom stereocenters. The molecule has 2 aromatic rings. The third-order valence-corrected chi connectivity index (χ3v) is 6.11. The first-order valence-electron chi connectivity index (χ1n) is 10.3. The Hall–Kier alpha value is -2.33. The van der Waals surface area contributed by atoms with E-state index in [1.165, 1.54) is 0 Å². The van der Waals surface area contributed by atoms with Gasteiger partial charge in [0.05, 0.1) is 12.0 Å². The molecule has 3 rings (SSSR count). The van der Waals surface area contributed by atoms with Crippen molar-refractivity contribution < 1.29 is 14.3 Å². The molecule has 29 heavy (non-hydrogen) atoms. The summed E-state index contributed by atoms with van der Waals surface area (Å²) < 4.78 is 5.41. The van der Waals surface area contributed by atoms with Crippen molar-refractivity contribution in [1.29, 1.82) is 0 Å². The normalized spacial score (nSPS) is 15.7. The van der Waals surface area contributed by atoms with E-state index in [0.29, 0.717) is 50.4 Å².